The van der Waals surface area contributed by atoms with E-state index in [1.54, 1.807) is 24.3 Å². The highest BCUT2D eigenvalue weighted by Gasteiger charge is 2.19. The minimum Gasteiger partial charge on any atom is -0.339 e. The summed E-state index contributed by atoms with van der Waals surface area (Å²) < 4.78 is 0. The Labute approximate surface area is 161 Å². The summed E-state index contributed by atoms with van der Waals surface area (Å²) in [5, 5.41) is 3.00. The number of likely N-dealkylation sites (tertiary alicyclic amines) is 1. The third-order valence-electron chi connectivity index (χ3n) is 5.10. The lowest BCUT2D eigenvalue weighted by Crippen LogP contribution is -2.32. The van der Waals surface area contributed by atoms with Crippen LogP contribution in [-0.2, 0) is 0 Å². The van der Waals surface area contributed by atoms with Gasteiger partial charge in [-0.05, 0) is 48.6 Å². The molecule has 27 heavy (non-hydrogen) atoms. The average molecular weight is 364 g/mol. The standard InChI is InChI=1S/C23H28N2O2/c1-17(2)20-12-5-6-13-21(20)24-22(26)18-10-9-11-19(16-18)23(27)25-14-7-3-4-8-15-25/h5-6,9-13,16-17H,3-4,7-8,14-15H2,1-2H3,(H,24,26). The molecule has 1 N–H and O–H groups in total. The van der Waals surface area contributed by atoms with E-state index in [2.05, 4.69) is 19.2 Å². The van der Waals surface area contributed by atoms with Gasteiger partial charge in [0.25, 0.3) is 11.8 Å². The summed E-state index contributed by atoms with van der Waals surface area (Å²) in [5.41, 5.74) is 3.01. The van der Waals surface area contributed by atoms with Gasteiger partial charge in [0.15, 0.2) is 0 Å². The molecule has 1 fully saturated rings. The summed E-state index contributed by atoms with van der Waals surface area (Å²) in [4.78, 5) is 27.5. The second kappa shape index (κ2) is 8.85. The number of benzene rings is 2. The Balaban J connectivity index is 1.77. The van der Waals surface area contributed by atoms with E-state index in [1.807, 2.05) is 29.2 Å². The summed E-state index contributed by atoms with van der Waals surface area (Å²) in [5.74, 6) is 0.153. The summed E-state index contributed by atoms with van der Waals surface area (Å²) in [7, 11) is 0. The molecular weight excluding hydrogens is 336 g/mol. The smallest absolute Gasteiger partial charge is 0.255 e. The summed E-state index contributed by atoms with van der Waals surface area (Å²) in [6, 6.07) is 14.9. The van der Waals surface area contributed by atoms with Gasteiger partial charge in [0, 0.05) is 29.9 Å². The Kier molecular flexibility index (Phi) is 6.28. The molecule has 0 saturated carbocycles. The summed E-state index contributed by atoms with van der Waals surface area (Å²) in [6.45, 7) is 5.81. The summed E-state index contributed by atoms with van der Waals surface area (Å²) >= 11 is 0. The maximum absolute atomic E-state index is 12.8. The van der Waals surface area contributed by atoms with Crippen LogP contribution >= 0.6 is 0 Å². The van der Waals surface area contributed by atoms with E-state index in [9.17, 15) is 9.59 Å². The van der Waals surface area contributed by atoms with E-state index in [-0.39, 0.29) is 11.8 Å². The monoisotopic (exact) mass is 364 g/mol. The minimum absolute atomic E-state index is 0.0223. The molecule has 0 unspecified atom stereocenters. The number of para-hydroxylation sites is 1. The van der Waals surface area contributed by atoms with Crippen LogP contribution in [-0.4, -0.2) is 29.8 Å². The van der Waals surface area contributed by atoms with Crippen LogP contribution in [0, 0.1) is 0 Å². The van der Waals surface area contributed by atoms with Gasteiger partial charge in [0.05, 0.1) is 0 Å². The molecule has 0 aromatic heterocycles. The number of hydrogen-bond donors (Lipinski definition) is 1. The van der Waals surface area contributed by atoms with E-state index in [1.165, 1.54) is 12.8 Å². The molecule has 0 bridgehead atoms. The molecule has 3 rings (SSSR count). The normalized spacial score (nSPS) is 14.7. The predicted molar refractivity (Wildman–Crippen MR) is 109 cm³/mol. The van der Waals surface area contributed by atoms with Gasteiger partial charge < -0.3 is 10.2 Å². The maximum atomic E-state index is 12.8. The maximum Gasteiger partial charge on any atom is 0.255 e. The molecular formula is C23H28N2O2. The third-order valence-corrected chi connectivity index (χ3v) is 5.10. The Morgan fingerprint density at radius 3 is 2.26 bits per heavy atom. The number of amides is 2. The molecule has 2 aromatic carbocycles. The predicted octanol–water partition coefficient (Wildman–Crippen LogP) is 5.08. The van der Waals surface area contributed by atoms with Crippen molar-refractivity contribution >= 4 is 17.5 Å². The van der Waals surface area contributed by atoms with Crippen LogP contribution in [0.1, 0.15) is 71.7 Å². The Hall–Kier alpha value is -2.62. The lowest BCUT2D eigenvalue weighted by molar-refractivity contribution is 0.0761. The van der Waals surface area contributed by atoms with Gasteiger partial charge in [0.2, 0.25) is 0 Å². The van der Waals surface area contributed by atoms with Crippen molar-refractivity contribution in [1.29, 1.82) is 0 Å². The van der Waals surface area contributed by atoms with Crippen LogP contribution in [0.4, 0.5) is 5.69 Å². The zero-order valence-corrected chi connectivity index (χ0v) is 16.2. The Morgan fingerprint density at radius 2 is 1.56 bits per heavy atom. The van der Waals surface area contributed by atoms with Gasteiger partial charge in [-0.2, -0.15) is 0 Å². The molecule has 1 aliphatic heterocycles. The number of rotatable bonds is 4. The first-order valence-corrected chi connectivity index (χ1v) is 9.86. The average Bonchev–Trinajstić information content (AvgIpc) is 2.97. The fraction of sp³-hybridized carbons (Fsp3) is 0.391. The molecule has 0 radical (unpaired) electrons. The molecule has 4 heteroatoms. The van der Waals surface area contributed by atoms with Crippen molar-refractivity contribution < 1.29 is 9.59 Å². The van der Waals surface area contributed by atoms with Gasteiger partial charge in [-0.25, -0.2) is 0 Å². The number of hydrogen-bond acceptors (Lipinski definition) is 2. The van der Waals surface area contributed by atoms with Crippen LogP contribution in [0.5, 0.6) is 0 Å². The number of nitrogens with zero attached hydrogens (tertiary/aromatic N) is 1. The third kappa shape index (κ3) is 4.76. The van der Waals surface area contributed by atoms with Crippen LogP contribution in [0.3, 0.4) is 0 Å². The quantitative estimate of drug-likeness (QED) is 0.822. The van der Waals surface area contributed by atoms with Crippen molar-refractivity contribution in [1.82, 2.24) is 4.90 Å². The fourth-order valence-electron chi connectivity index (χ4n) is 3.56. The van der Waals surface area contributed by atoms with Crippen molar-refractivity contribution in [2.75, 3.05) is 18.4 Å². The first kappa shape index (κ1) is 19.2. The Bertz CT molecular complexity index is 806. The van der Waals surface area contributed by atoms with Gasteiger partial charge in [0.1, 0.15) is 0 Å². The van der Waals surface area contributed by atoms with Gasteiger partial charge >= 0.3 is 0 Å². The summed E-state index contributed by atoms with van der Waals surface area (Å²) in [6.07, 6.45) is 4.47. The van der Waals surface area contributed by atoms with E-state index >= 15 is 0 Å². The van der Waals surface area contributed by atoms with E-state index in [4.69, 9.17) is 0 Å². The van der Waals surface area contributed by atoms with Crippen molar-refractivity contribution in [3.63, 3.8) is 0 Å². The van der Waals surface area contributed by atoms with Crippen LogP contribution in [0.25, 0.3) is 0 Å². The topological polar surface area (TPSA) is 49.4 Å². The first-order chi connectivity index (χ1) is 13.1. The van der Waals surface area contributed by atoms with E-state index in [0.717, 1.165) is 37.2 Å². The number of carbonyl (C=O) groups excluding carboxylic acids is 2. The second-order valence-electron chi connectivity index (χ2n) is 7.48. The fourth-order valence-corrected chi connectivity index (χ4v) is 3.56. The molecule has 4 nitrogen and oxygen atoms in total. The zero-order valence-electron chi connectivity index (χ0n) is 16.2. The molecule has 0 atom stereocenters. The first-order valence-electron chi connectivity index (χ1n) is 9.86. The lowest BCUT2D eigenvalue weighted by Gasteiger charge is -2.20. The van der Waals surface area contributed by atoms with Gasteiger partial charge in [-0.1, -0.05) is 51.0 Å². The van der Waals surface area contributed by atoms with E-state index in [0.29, 0.717) is 17.0 Å². The molecule has 1 saturated heterocycles. The zero-order chi connectivity index (χ0) is 19.2. The van der Waals surface area contributed by atoms with Gasteiger partial charge in [-0.15, -0.1) is 0 Å². The molecule has 142 valence electrons. The van der Waals surface area contributed by atoms with Crippen LogP contribution in [0.15, 0.2) is 48.5 Å². The number of nitrogens with one attached hydrogen (secondary N) is 1. The molecule has 0 aliphatic carbocycles. The van der Waals surface area contributed by atoms with Gasteiger partial charge in [-0.3, -0.25) is 9.59 Å². The largest absolute Gasteiger partial charge is 0.339 e. The van der Waals surface area contributed by atoms with Crippen molar-refractivity contribution in [2.45, 2.75) is 45.4 Å². The highest BCUT2D eigenvalue weighted by atomic mass is 16.2. The highest BCUT2D eigenvalue weighted by molar-refractivity contribution is 6.06. The second-order valence-corrected chi connectivity index (χ2v) is 7.48. The molecule has 1 heterocycles. The minimum atomic E-state index is -0.186. The van der Waals surface area contributed by atoms with Crippen LogP contribution < -0.4 is 5.32 Å². The lowest BCUT2D eigenvalue weighted by atomic mass is 10.0. The molecule has 1 aliphatic rings. The molecule has 2 amide bonds. The highest BCUT2D eigenvalue weighted by Crippen LogP contribution is 2.24. The molecule has 0 spiro atoms. The number of anilines is 1. The van der Waals surface area contributed by atoms with Crippen LogP contribution in [0.2, 0.25) is 0 Å². The van der Waals surface area contributed by atoms with Crippen molar-refractivity contribution in [3.8, 4) is 0 Å². The van der Waals surface area contributed by atoms with Crippen molar-refractivity contribution in [3.05, 3.63) is 65.2 Å². The van der Waals surface area contributed by atoms with E-state index < -0.39 is 0 Å². The SMILES string of the molecule is CC(C)c1ccccc1NC(=O)c1cccc(C(=O)N2CCCCCC2)c1. The number of carbonyl (C=O) groups is 2. The molecule has 2 aromatic rings. The van der Waals surface area contributed by atoms with Crippen molar-refractivity contribution in [2.24, 2.45) is 0 Å². The Morgan fingerprint density at radius 1 is 0.889 bits per heavy atom.